The van der Waals surface area contributed by atoms with Crippen molar-refractivity contribution < 1.29 is 24.2 Å². The predicted octanol–water partition coefficient (Wildman–Crippen LogP) is 1.54. The van der Waals surface area contributed by atoms with Crippen LogP contribution in [0.5, 0.6) is 0 Å². The Balaban J connectivity index is 2.29. The number of hydrogen-bond acceptors (Lipinski definition) is 3. The summed E-state index contributed by atoms with van der Waals surface area (Å²) in [6.07, 6.45) is 0. The first-order valence-corrected chi connectivity index (χ1v) is 6.24. The highest BCUT2D eigenvalue weighted by molar-refractivity contribution is 6.07. The lowest BCUT2D eigenvalue weighted by molar-refractivity contribution is -0.155. The zero-order valence-corrected chi connectivity index (χ0v) is 11.3. The van der Waals surface area contributed by atoms with Gasteiger partial charge in [0.25, 0.3) is 5.91 Å². The minimum Gasteiger partial charge on any atom is -0.479 e. The maximum Gasteiger partial charge on any atom is 0.337 e. The minimum atomic E-state index is -2.06. The number of carbonyl (C=O) groups is 2. The molecule has 1 unspecified atom stereocenters. The number of hydrogen-bond donors (Lipinski definition) is 3. The van der Waals surface area contributed by atoms with Crippen molar-refractivity contribution in [1.82, 2.24) is 5.32 Å². The highest BCUT2D eigenvalue weighted by Gasteiger charge is 2.30. The van der Waals surface area contributed by atoms with Crippen LogP contribution in [-0.2, 0) is 4.79 Å². The summed E-state index contributed by atoms with van der Waals surface area (Å²) in [5, 5.41) is 21.4. The summed E-state index contributed by atoms with van der Waals surface area (Å²) in [4.78, 5) is 22.9. The molecule has 0 aliphatic rings. The number of rotatable bonds is 4. The third-order valence-electron chi connectivity index (χ3n) is 3.17. The van der Waals surface area contributed by atoms with Gasteiger partial charge in [-0.15, -0.1) is 0 Å². The average molecular weight is 291 g/mol. The Morgan fingerprint density at radius 2 is 1.81 bits per heavy atom. The number of fused-ring (bicyclic) bond motifs is 1. The monoisotopic (exact) mass is 291 g/mol. The topological polar surface area (TPSA) is 86.6 Å². The molecule has 1 atom stereocenters. The number of halogens is 1. The Hall–Kier alpha value is -2.47. The molecular formula is C15H14FNO4. The third-order valence-corrected chi connectivity index (χ3v) is 3.17. The van der Waals surface area contributed by atoms with E-state index in [-0.39, 0.29) is 5.56 Å². The molecule has 0 aliphatic carbocycles. The van der Waals surface area contributed by atoms with Crippen LogP contribution in [-0.4, -0.2) is 34.2 Å². The van der Waals surface area contributed by atoms with Crippen LogP contribution in [0.2, 0.25) is 0 Å². The smallest absolute Gasteiger partial charge is 0.337 e. The van der Waals surface area contributed by atoms with Crippen LogP contribution >= 0.6 is 0 Å². The molecule has 0 saturated heterocycles. The van der Waals surface area contributed by atoms with Crippen LogP contribution in [0.15, 0.2) is 36.4 Å². The largest absolute Gasteiger partial charge is 0.479 e. The van der Waals surface area contributed by atoms with Gasteiger partial charge < -0.3 is 15.5 Å². The number of carbonyl (C=O) groups excluding carboxylic acids is 1. The quantitative estimate of drug-likeness (QED) is 0.797. The lowest BCUT2D eigenvalue weighted by Crippen LogP contribution is -2.46. The van der Waals surface area contributed by atoms with Crippen molar-refractivity contribution in [3.8, 4) is 0 Å². The van der Waals surface area contributed by atoms with Gasteiger partial charge in [-0.25, -0.2) is 9.18 Å². The van der Waals surface area contributed by atoms with Gasteiger partial charge in [0.1, 0.15) is 5.82 Å². The van der Waals surface area contributed by atoms with Crippen molar-refractivity contribution in [2.45, 2.75) is 12.5 Å². The molecule has 2 aromatic rings. The minimum absolute atomic E-state index is 0.216. The van der Waals surface area contributed by atoms with Crippen molar-refractivity contribution in [1.29, 1.82) is 0 Å². The number of carboxylic acid groups (broad SMARTS) is 1. The average Bonchev–Trinajstić information content (AvgIpc) is 2.45. The molecule has 0 radical (unpaired) electrons. The van der Waals surface area contributed by atoms with Crippen molar-refractivity contribution in [3.05, 3.63) is 47.8 Å². The lowest BCUT2D eigenvalue weighted by atomic mass is 10.0. The molecule has 0 aromatic heterocycles. The van der Waals surface area contributed by atoms with E-state index in [0.29, 0.717) is 10.8 Å². The fourth-order valence-corrected chi connectivity index (χ4v) is 1.88. The molecule has 0 aliphatic heterocycles. The molecule has 0 spiro atoms. The number of amides is 1. The Kier molecular flexibility index (Phi) is 3.90. The highest BCUT2D eigenvalue weighted by atomic mass is 19.1. The summed E-state index contributed by atoms with van der Waals surface area (Å²) in [7, 11) is 0. The first kappa shape index (κ1) is 14.9. The van der Waals surface area contributed by atoms with E-state index in [0.717, 1.165) is 6.92 Å². The number of carboxylic acids is 1. The van der Waals surface area contributed by atoms with E-state index < -0.39 is 29.8 Å². The Labute approximate surface area is 120 Å². The Morgan fingerprint density at radius 1 is 1.19 bits per heavy atom. The molecule has 2 rings (SSSR count). The molecule has 1 amide bonds. The zero-order chi connectivity index (χ0) is 15.6. The van der Waals surface area contributed by atoms with Crippen LogP contribution in [0.25, 0.3) is 10.8 Å². The van der Waals surface area contributed by atoms with Crippen molar-refractivity contribution >= 4 is 22.6 Å². The molecule has 5 nitrogen and oxygen atoms in total. The number of benzene rings is 2. The predicted molar refractivity (Wildman–Crippen MR) is 74.5 cm³/mol. The van der Waals surface area contributed by atoms with Crippen LogP contribution in [0.4, 0.5) is 4.39 Å². The summed E-state index contributed by atoms with van der Waals surface area (Å²) in [6, 6.07) is 8.97. The number of aliphatic carboxylic acids is 1. The standard InChI is InChI=1S/C15H14FNO4/c1-15(21,14(19)20)8-17-13(18)11-6-7-12(16)10-5-3-2-4-9(10)11/h2-7,21H,8H2,1H3,(H,17,18)(H,19,20). The maximum atomic E-state index is 13.7. The molecule has 110 valence electrons. The molecule has 0 bridgehead atoms. The van der Waals surface area contributed by atoms with Crippen LogP contribution in [0.3, 0.4) is 0 Å². The zero-order valence-electron chi connectivity index (χ0n) is 11.3. The van der Waals surface area contributed by atoms with Gasteiger partial charge in [-0.3, -0.25) is 4.79 Å². The highest BCUT2D eigenvalue weighted by Crippen LogP contribution is 2.21. The van der Waals surface area contributed by atoms with Gasteiger partial charge in [-0.05, 0) is 24.4 Å². The second-order valence-corrected chi connectivity index (χ2v) is 4.90. The number of aliphatic hydroxyl groups is 1. The van der Waals surface area contributed by atoms with Gasteiger partial charge in [0.05, 0.1) is 6.54 Å². The van der Waals surface area contributed by atoms with Gasteiger partial charge in [0.2, 0.25) is 0 Å². The Bertz CT molecular complexity index is 712. The van der Waals surface area contributed by atoms with Gasteiger partial charge in [0.15, 0.2) is 5.60 Å². The van der Waals surface area contributed by atoms with E-state index >= 15 is 0 Å². The number of nitrogens with one attached hydrogen (secondary N) is 1. The molecule has 21 heavy (non-hydrogen) atoms. The molecule has 0 heterocycles. The molecule has 0 fully saturated rings. The summed E-state index contributed by atoms with van der Waals surface area (Å²) in [5.74, 6) is -2.46. The molecular weight excluding hydrogens is 277 g/mol. The van der Waals surface area contributed by atoms with Crippen molar-refractivity contribution in [3.63, 3.8) is 0 Å². The van der Waals surface area contributed by atoms with E-state index in [1.165, 1.54) is 12.1 Å². The van der Waals surface area contributed by atoms with Crippen LogP contribution < -0.4 is 5.32 Å². The van der Waals surface area contributed by atoms with Gasteiger partial charge >= 0.3 is 5.97 Å². The first-order valence-electron chi connectivity index (χ1n) is 6.24. The van der Waals surface area contributed by atoms with Crippen LogP contribution in [0, 0.1) is 5.82 Å². The van der Waals surface area contributed by atoms with Gasteiger partial charge in [-0.2, -0.15) is 0 Å². The normalized spacial score (nSPS) is 13.7. The van der Waals surface area contributed by atoms with Gasteiger partial charge in [-0.1, -0.05) is 24.3 Å². The molecule has 3 N–H and O–H groups in total. The fraction of sp³-hybridized carbons (Fsp3) is 0.200. The van der Waals surface area contributed by atoms with E-state index in [1.54, 1.807) is 24.3 Å². The van der Waals surface area contributed by atoms with Crippen molar-refractivity contribution in [2.75, 3.05) is 6.54 Å². The maximum absolute atomic E-state index is 13.7. The molecule has 6 heteroatoms. The fourth-order valence-electron chi connectivity index (χ4n) is 1.88. The summed E-state index contributed by atoms with van der Waals surface area (Å²) in [5.41, 5.74) is -1.85. The summed E-state index contributed by atoms with van der Waals surface area (Å²) >= 11 is 0. The second kappa shape index (κ2) is 5.49. The third kappa shape index (κ3) is 3.00. The van der Waals surface area contributed by atoms with Gasteiger partial charge in [0, 0.05) is 10.9 Å². The lowest BCUT2D eigenvalue weighted by Gasteiger charge is -2.18. The first-order chi connectivity index (χ1) is 9.83. The van der Waals surface area contributed by atoms with Crippen molar-refractivity contribution in [2.24, 2.45) is 0 Å². The van der Waals surface area contributed by atoms with E-state index in [1.807, 2.05) is 0 Å². The molecule has 2 aromatic carbocycles. The SMILES string of the molecule is CC(O)(CNC(=O)c1ccc(F)c2ccccc12)C(=O)O. The summed E-state index contributed by atoms with van der Waals surface area (Å²) in [6.45, 7) is 0.630. The van der Waals surface area contributed by atoms with Crippen LogP contribution in [0.1, 0.15) is 17.3 Å². The van der Waals surface area contributed by atoms with E-state index in [4.69, 9.17) is 5.11 Å². The second-order valence-electron chi connectivity index (χ2n) is 4.90. The molecule has 0 saturated carbocycles. The van der Waals surface area contributed by atoms with E-state index in [2.05, 4.69) is 5.32 Å². The Morgan fingerprint density at radius 3 is 2.43 bits per heavy atom. The van der Waals surface area contributed by atoms with E-state index in [9.17, 15) is 19.1 Å². The summed E-state index contributed by atoms with van der Waals surface area (Å²) < 4.78 is 13.7.